The summed E-state index contributed by atoms with van der Waals surface area (Å²) >= 11 is 3.63. The molecule has 0 saturated carbocycles. The van der Waals surface area contributed by atoms with Crippen molar-refractivity contribution in [3.63, 3.8) is 0 Å². The van der Waals surface area contributed by atoms with E-state index in [1.54, 1.807) is 11.3 Å². The fourth-order valence-corrected chi connectivity index (χ4v) is 6.09. The summed E-state index contributed by atoms with van der Waals surface area (Å²) in [6.45, 7) is 1.90. The summed E-state index contributed by atoms with van der Waals surface area (Å²) in [6, 6.07) is 5.94. The maximum absolute atomic E-state index is 6.39. The molecular weight excluding hydrogens is 392 g/mol. The molecule has 0 amide bonds. The van der Waals surface area contributed by atoms with Gasteiger partial charge >= 0.3 is 0 Å². The van der Waals surface area contributed by atoms with E-state index in [4.69, 9.17) is 14.1 Å². The summed E-state index contributed by atoms with van der Waals surface area (Å²) in [5.74, 6) is 3.17. The van der Waals surface area contributed by atoms with E-state index < -0.39 is 0 Å². The highest BCUT2D eigenvalue weighted by Crippen LogP contribution is 2.39. The number of fused-ring (bicyclic) bond motifs is 3. The minimum absolute atomic E-state index is 0.266. The molecule has 2 unspecified atom stereocenters. The number of rotatable bonds is 4. The van der Waals surface area contributed by atoms with Gasteiger partial charge in [0.25, 0.3) is 6.01 Å². The predicted molar refractivity (Wildman–Crippen MR) is 114 cm³/mol. The summed E-state index contributed by atoms with van der Waals surface area (Å²) in [6.07, 6.45) is 5.53. The number of piperidine rings is 1. The Labute approximate surface area is 171 Å². The lowest BCUT2D eigenvalue weighted by Gasteiger charge is -2.47. The van der Waals surface area contributed by atoms with Crippen LogP contribution in [0.5, 0.6) is 5.75 Å². The average Bonchev–Trinajstić information content (AvgIpc) is 3.39. The molecule has 2 atom stereocenters. The number of piperazine rings is 1. The van der Waals surface area contributed by atoms with Gasteiger partial charge in [-0.05, 0) is 42.9 Å². The number of benzene rings is 1. The summed E-state index contributed by atoms with van der Waals surface area (Å²) in [5.41, 5.74) is 2.61. The maximum atomic E-state index is 6.39. The van der Waals surface area contributed by atoms with Crippen LogP contribution in [0.2, 0.25) is 0 Å². The lowest BCUT2D eigenvalue weighted by atomic mass is 9.92. The highest BCUT2D eigenvalue weighted by molar-refractivity contribution is 7.99. The van der Waals surface area contributed by atoms with Crippen LogP contribution in [0.3, 0.4) is 0 Å². The molecule has 2 aromatic heterocycles. The molecule has 4 saturated heterocycles. The Kier molecular flexibility index (Phi) is 4.24. The van der Waals surface area contributed by atoms with Crippen LogP contribution in [0, 0.1) is 0 Å². The second-order valence-corrected chi connectivity index (χ2v) is 9.87. The van der Waals surface area contributed by atoms with Gasteiger partial charge in [0.15, 0.2) is 11.1 Å². The third kappa shape index (κ3) is 2.98. The zero-order valence-corrected chi connectivity index (χ0v) is 17.1. The van der Waals surface area contributed by atoms with E-state index in [1.807, 2.05) is 29.4 Å². The number of thiazole rings is 1. The van der Waals surface area contributed by atoms with Crippen molar-refractivity contribution in [2.45, 2.75) is 37.5 Å². The number of nitrogens with zero attached hydrogens (tertiary/aromatic N) is 3. The molecule has 3 aromatic rings. The molecule has 1 N–H and O–H groups in total. The highest BCUT2D eigenvalue weighted by Gasteiger charge is 2.38. The molecule has 28 heavy (non-hydrogen) atoms. The average molecular weight is 415 g/mol. The number of hydrogen-bond acceptors (Lipinski definition) is 8. The van der Waals surface area contributed by atoms with Crippen LogP contribution in [0.1, 0.15) is 19.3 Å². The fourth-order valence-electron chi connectivity index (χ4n) is 4.37. The van der Waals surface area contributed by atoms with Crippen molar-refractivity contribution in [1.29, 1.82) is 0 Å². The normalized spacial score (nSPS) is 25.1. The first-order chi connectivity index (χ1) is 13.8. The van der Waals surface area contributed by atoms with E-state index in [0.717, 1.165) is 53.4 Å². The van der Waals surface area contributed by atoms with Crippen LogP contribution in [0.15, 0.2) is 28.1 Å². The van der Waals surface area contributed by atoms with Crippen LogP contribution >= 0.6 is 23.1 Å². The van der Waals surface area contributed by atoms with Crippen molar-refractivity contribution in [3.05, 3.63) is 23.7 Å². The van der Waals surface area contributed by atoms with Gasteiger partial charge in [0.05, 0.1) is 5.56 Å². The SMILES string of the molecule is c1csc(-c2ccc(OC3CCSCC3)c3nc(N4CC5CC(C4)N5)oc23)n1. The molecule has 4 fully saturated rings. The van der Waals surface area contributed by atoms with Gasteiger partial charge in [-0.3, -0.25) is 0 Å². The third-order valence-corrected chi connectivity index (χ3v) is 7.67. The van der Waals surface area contributed by atoms with Crippen LogP contribution in [-0.4, -0.2) is 52.8 Å². The summed E-state index contributed by atoms with van der Waals surface area (Å²) in [7, 11) is 0. The first-order valence-electron chi connectivity index (χ1n) is 9.92. The number of anilines is 1. The van der Waals surface area contributed by atoms with Crippen LogP contribution in [0.4, 0.5) is 6.01 Å². The van der Waals surface area contributed by atoms with Crippen molar-refractivity contribution in [2.75, 3.05) is 29.5 Å². The van der Waals surface area contributed by atoms with E-state index >= 15 is 0 Å². The van der Waals surface area contributed by atoms with Crippen LogP contribution < -0.4 is 15.0 Å². The lowest BCUT2D eigenvalue weighted by Crippen LogP contribution is -2.67. The molecule has 8 heteroatoms. The van der Waals surface area contributed by atoms with Crippen LogP contribution in [0.25, 0.3) is 21.7 Å². The molecule has 7 rings (SSSR count). The number of nitrogens with one attached hydrogen (secondary N) is 1. The molecule has 1 aromatic carbocycles. The summed E-state index contributed by atoms with van der Waals surface area (Å²) in [4.78, 5) is 11.7. The van der Waals surface area contributed by atoms with Gasteiger partial charge in [0.2, 0.25) is 0 Å². The molecule has 6 nitrogen and oxygen atoms in total. The smallest absolute Gasteiger partial charge is 0.298 e. The Balaban J connectivity index is 1.40. The molecular formula is C20H22N4O2S2. The van der Waals surface area contributed by atoms with Crippen molar-refractivity contribution in [2.24, 2.45) is 0 Å². The Bertz CT molecular complexity index is 968. The van der Waals surface area contributed by atoms with Gasteiger partial charge in [-0.25, -0.2) is 4.98 Å². The molecule has 4 aliphatic rings. The van der Waals surface area contributed by atoms with Crippen molar-refractivity contribution < 1.29 is 9.15 Å². The van der Waals surface area contributed by atoms with Gasteiger partial charge in [0, 0.05) is 36.8 Å². The second kappa shape index (κ2) is 6.93. The van der Waals surface area contributed by atoms with Crippen molar-refractivity contribution in [1.82, 2.24) is 15.3 Å². The van der Waals surface area contributed by atoms with Crippen LogP contribution in [-0.2, 0) is 0 Å². The molecule has 2 bridgehead atoms. The molecule has 6 heterocycles. The Morgan fingerprint density at radius 1 is 1.18 bits per heavy atom. The summed E-state index contributed by atoms with van der Waals surface area (Å²) < 4.78 is 12.7. The quantitative estimate of drug-likeness (QED) is 0.697. The minimum atomic E-state index is 0.266. The molecule has 4 aliphatic heterocycles. The second-order valence-electron chi connectivity index (χ2n) is 7.75. The van der Waals surface area contributed by atoms with Gasteiger partial charge < -0.3 is 19.4 Å². The fraction of sp³-hybridized carbons (Fsp3) is 0.500. The van der Waals surface area contributed by atoms with Gasteiger partial charge in [-0.15, -0.1) is 11.3 Å². The number of aromatic nitrogens is 2. The minimum Gasteiger partial charge on any atom is -0.488 e. The van der Waals surface area contributed by atoms with E-state index in [0.29, 0.717) is 18.1 Å². The van der Waals surface area contributed by atoms with Crippen molar-refractivity contribution >= 4 is 40.2 Å². The number of ether oxygens (including phenoxy) is 1. The standard InChI is InChI=1S/C20H22N4O2S2/c1-2-16(25-14-3-6-27-7-4-14)17-18(15(1)19-21-5-8-28-19)26-20(23-17)24-10-12-9-13(11-24)22-12/h1-2,5,8,12-14,22H,3-4,6-7,9-11H2. The maximum Gasteiger partial charge on any atom is 0.298 e. The van der Waals surface area contributed by atoms with Gasteiger partial charge in [-0.2, -0.15) is 16.7 Å². The van der Waals surface area contributed by atoms with Crippen molar-refractivity contribution in [3.8, 4) is 16.3 Å². The van der Waals surface area contributed by atoms with E-state index in [1.165, 1.54) is 17.9 Å². The zero-order chi connectivity index (χ0) is 18.5. The molecule has 146 valence electrons. The molecule has 0 aliphatic carbocycles. The first-order valence-corrected chi connectivity index (χ1v) is 12.0. The van der Waals surface area contributed by atoms with Gasteiger partial charge in [-0.1, -0.05) is 0 Å². The topological polar surface area (TPSA) is 63.4 Å². The zero-order valence-electron chi connectivity index (χ0n) is 15.5. The largest absolute Gasteiger partial charge is 0.488 e. The van der Waals surface area contributed by atoms with Gasteiger partial charge in [0.1, 0.15) is 16.9 Å². The van der Waals surface area contributed by atoms with E-state index in [9.17, 15) is 0 Å². The Morgan fingerprint density at radius 2 is 2.00 bits per heavy atom. The predicted octanol–water partition coefficient (Wildman–Crippen LogP) is 3.78. The first kappa shape index (κ1) is 17.1. The lowest BCUT2D eigenvalue weighted by molar-refractivity contribution is 0.194. The number of oxazole rings is 1. The molecule has 0 radical (unpaired) electrons. The van der Waals surface area contributed by atoms with E-state index in [2.05, 4.69) is 21.3 Å². The number of thioether (sulfide) groups is 1. The Hall–Kier alpha value is -1.77. The molecule has 0 spiro atoms. The third-order valence-electron chi connectivity index (χ3n) is 5.81. The highest BCUT2D eigenvalue weighted by atomic mass is 32.2. The Morgan fingerprint density at radius 3 is 2.75 bits per heavy atom. The number of hydrogen-bond donors (Lipinski definition) is 1. The monoisotopic (exact) mass is 414 g/mol. The summed E-state index contributed by atoms with van der Waals surface area (Å²) in [5, 5.41) is 6.51. The van der Waals surface area contributed by atoms with E-state index in [-0.39, 0.29) is 6.10 Å².